The van der Waals surface area contributed by atoms with Crippen LogP contribution in [0.1, 0.15) is 19.6 Å². The zero-order chi connectivity index (χ0) is 16.8. The molecule has 0 spiro atoms. The molecule has 11 heteroatoms. The van der Waals surface area contributed by atoms with E-state index < -0.39 is 31.3 Å². The van der Waals surface area contributed by atoms with Gasteiger partial charge in [0.2, 0.25) is 0 Å². The summed E-state index contributed by atoms with van der Waals surface area (Å²) in [7, 11) is 1.25. The van der Waals surface area contributed by atoms with E-state index in [0.29, 0.717) is 6.42 Å². The maximum atomic E-state index is 11.8. The van der Waals surface area contributed by atoms with E-state index in [4.69, 9.17) is 26.8 Å². The fraction of sp³-hybridized carbons (Fsp3) is 0.636. The minimum atomic E-state index is -3.29. The van der Waals surface area contributed by atoms with E-state index in [1.807, 2.05) is 6.92 Å². The number of hydrogen-bond donors (Lipinski definition) is 3. The largest absolute Gasteiger partial charge is 0.392 e. The number of aliphatic hydroxyl groups is 1. The second kappa shape index (κ2) is 8.68. The van der Waals surface area contributed by atoms with Gasteiger partial charge in [-0.3, -0.25) is 4.57 Å². The molecule has 0 aromatic carbocycles. The molecule has 0 saturated carbocycles. The molecule has 0 bridgehead atoms. The minimum Gasteiger partial charge on any atom is -0.392 e. The first kappa shape index (κ1) is 19.2. The van der Waals surface area contributed by atoms with Gasteiger partial charge in [0.15, 0.2) is 6.23 Å². The Morgan fingerprint density at radius 3 is 2.77 bits per heavy atom. The van der Waals surface area contributed by atoms with Gasteiger partial charge in [0, 0.05) is 13.3 Å². The molecule has 0 aliphatic carbocycles. The number of aromatic nitrogens is 2. The topological polar surface area (TPSA) is 129 Å². The van der Waals surface area contributed by atoms with Crippen molar-refractivity contribution in [1.29, 1.82) is 0 Å². The van der Waals surface area contributed by atoms with Crippen LogP contribution in [0.25, 0.3) is 0 Å². The Hall–Kier alpha value is -0.870. The van der Waals surface area contributed by atoms with Crippen molar-refractivity contribution in [3.8, 4) is 0 Å². The smallest absolute Gasteiger partial charge is 0.351 e. The van der Waals surface area contributed by atoms with Gasteiger partial charge in [0.05, 0.1) is 19.3 Å². The van der Waals surface area contributed by atoms with Crippen LogP contribution in [-0.4, -0.2) is 46.0 Å². The van der Waals surface area contributed by atoms with Gasteiger partial charge in [-0.25, -0.2) is 4.79 Å². The highest BCUT2D eigenvalue weighted by atomic mass is 32.5. The first-order chi connectivity index (χ1) is 10.3. The third kappa shape index (κ3) is 5.73. The third-order valence-electron chi connectivity index (χ3n) is 2.78. The Morgan fingerprint density at radius 1 is 1.59 bits per heavy atom. The van der Waals surface area contributed by atoms with Crippen molar-refractivity contribution in [3.05, 3.63) is 22.7 Å². The number of nitrogens with two attached hydrogens (primary N) is 1. The summed E-state index contributed by atoms with van der Waals surface area (Å²) >= 11 is 4.72. The summed E-state index contributed by atoms with van der Waals surface area (Å²) in [6.45, 7) is -1.95. The molecule has 9 nitrogen and oxygen atoms in total. The number of ether oxygens (including phenoxy) is 1. The van der Waals surface area contributed by atoms with Crippen LogP contribution < -0.4 is 11.4 Å². The molecule has 0 aliphatic heterocycles. The Morgan fingerprint density at radius 2 is 2.27 bits per heavy atom. The highest BCUT2D eigenvalue weighted by Gasteiger charge is 2.21. The molecule has 22 heavy (non-hydrogen) atoms. The van der Waals surface area contributed by atoms with Crippen LogP contribution in [0.5, 0.6) is 0 Å². The van der Waals surface area contributed by atoms with E-state index in [0.717, 1.165) is 4.57 Å². The van der Waals surface area contributed by atoms with Crippen molar-refractivity contribution in [2.45, 2.75) is 25.7 Å². The van der Waals surface area contributed by atoms with Gasteiger partial charge >= 0.3 is 12.4 Å². The summed E-state index contributed by atoms with van der Waals surface area (Å²) in [5, 5.41) is 9.42. The Balaban J connectivity index is 2.78. The van der Waals surface area contributed by atoms with Crippen molar-refractivity contribution < 1.29 is 23.8 Å². The maximum Gasteiger partial charge on any atom is 0.351 e. The molecule has 4 N–H and O–H groups in total. The van der Waals surface area contributed by atoms with Crippen molar-refractivity contribution >= 4 is 24.3 Å². The normalized spacial score (nSPS) is 16.9. The molecule has 0 amide bonds. The monoisotopic (exact) mass is 353 g/mol. The lowest BCUT2D eigenvalue weighted by Gasteiger charge is -2.25. The van der Waals surface area contributed by atoms with Gasteiger partial charge < -0.3 is 29.5 Å². The number of hydrogen-bond acceptors (Lipinski definition) is 8. The average molecular weight is 353 g/mol. The summed E-state index contributed by atoms with van der Waals surface area (Å²) < 4.78 is 16.5. The Bertz CT molecular complexity index is 583. The van der Waals surface area contributed by atoms with E-state index in [1.165, 1.54) is 19.4 Å². The first-order valence-corrected chi connectivity index (χ1v) is 9.06. The van der Waals surface area contributed by atoms with Gasteiger partial charge in [-0.15, -0.1) is 0 Å². The average Bonchev–Trinajstić information content (AvgIpc) is 2.48. The summed E-state index contributed by atoms with van der Waals surface area (Å²) in [6.07, 6.45) is 0.427. The fourth-order valence-electron chi connectivity index (χ4n) is 1.55. The molecule has 3 atom stereocenters. The zero-order valence-corrected chi connectivity index (χ0v) is 14.0. The molecule has 1 aromatic rings. The van der Waals surface area contributed by atoms with Crippen LogP contribution in [0.3, 0.4) is 0 Å². The first-order valence-electron chi connectivity index (χ1n) is 6.47. The van der Waals surface area contributed by atoms with E-state index in [-0.39, 0.29) is 12.4 Å². The number of nitrogens with zero attached hydrogens (tertiary/aromatic N) is 2. The molecule has 0 radical (unpaired) electrons. The van der Waals surface area contributed by atoms with Crippen LogP contribution in [0.15, 0.2) is 17.1 Å². The zero-order valence-electron chi connectivity index (χ0n) is 12.3. The van der Waals surface area contributed by atoms with Crippen molar-refractivity contribution in [3.63, 3.8) is 0 Å². The molecule has 126 valence electrons. The fourth-order valence-corrected chi connectivity index (χ4v) is 2.19. The lowest BCUT2D eigenvalue weighted by molar-refractivity contribution is -0.0969. The molecule has 1 heterocycles. The molecule has 0 saturated heterocycles. The number of anilines is 1. The highest BCUT2D eigenvalue weighted by molar-refractivity contribution is 8.07. The summed E-state index contributed by atoms with van der Waals surface area (Å²) in [6, 6.07) is 1.42. The molecule has 1 aromatic heterocycles. The summed E-state index contributed by atoms with van der Waals surface area (Å²) in [5.41, 5.74) is 4.77. The number of rotatable bonds is 9. The molecule has 2 unspecified atom stereocenters. The van der Waals surface area contributed by atoms with Crippen LogP contribution in [0, 0.1) is 0 Å². The lowest BCUT2D eigenvalue weighted by Crippen LogP contribution is -2.34. The SMILES string of the molecule is CC[C@H](COP(O)(=S)OC)OC(CO)n1ccc(N)nc1=O. The predicted molar refractivity (Wildman–Crippen MR) is 83.7 cm³/mol. The van der Waals surface area contributed by atoms with E-state index in [9.17, 15) is 14.8 Å². The molecule has 1 rings (SSSR count). The van der Waals surface area contributed by atoms with E-state index in [2.05, 4.69) is 9.51 Å². The minimum absolute atomic E-state index is 0.0359. The molecular formula is C11H20N3O6PS. The quantitative estimate of drug-likeness (QED) is 0.525. The van der Waals surface area contributed by atoms with Gasteiger partial charge in [-0.1, -0.05) is 6.92 Å². The van der Waals surface area contributed by atoms with Crippen molar-refractivity contribution in [1.82, 2.24) is 9.55 Å². The van der Waals surface area contributed by atoms with Gasteiger partial charge in [0.1, 0.15) is 5.82 Å². The van der Waals surface area contributed by atoms with Crippen LogP contribution in [-0.2, 0) is 25.6 Å². The van der Waals surface area contributed by atoms with Gasteiger partial charge in [-0.2, -0.15) is 4.98 Å². The second-order valence-corrected chi connectivity index (χ2v) is 7.24. The van der Waals surface area contributed by atoms with Crippen LogP contribution in [0.2, 0.25) is 0 Å². The Labute approximate surface area is 132 Å². The lowest BCUT2D eigenvalue weighted by atomic mass is 10.3. The summed E-state index contributed by atoms with van der Waals surface area (Å²) in [4.78, 5) is 24.9. The van der Waals surface area contributed by atoms with Crippen molar-refractivity contribution in [2.75, 3.05) is 26.1 Å². The second-order valence-electron chi connectivity index (χ2n) is 4.29. The molecule has 0 aliphatic rings. The van der Waals surface area contributed by atoms with Crippen LogP contribution >= 0.6 is 6.72 Å². The van der Waals surface area contributed by atoms with Crippen molar-refractivity contribution in [2.24, 2.45) is 0 Å². The number of nitrogen functional groups attached to an aromatic ring is 1. The molecular weight excluding hydrogens is 333 g/mol. The Kier molecular flexibility index (Phi) is 7.57. The highest BCUT2D eigenvalue weighted by Crippen LogP contribution is 2.42. The van der Waals surface area contributed by atoms with Gasteiger partial charge in [0.25, 0.3) is 0 Å². The standard InChI is InChI=1S/C11H20N3O6PS/c1-3-8(7-19-21(17,22)18-2)20-10(6-15)14-5-4-9(12)13-11(14)16/h4-5,8,10,15H,3,6-7H2,1-2H3,(H,17,22)(H2,12,13,16)/t8-,10?,21?/m1/s1. The van der Waals surface area contributed by atoms with E-state index in [1.54, 1.807) is 0 Å². The van der Waals surface area contributed by atoms with Crippen LogP contribution in [0.4, 0.5) is 5.82 Å². The van der Waals surface area contributed by atoms with Gasteiger partial charge in [-0.05, 0) is 24.3 Å². The van der Waals surface area contributed by atoms with E-state index >= 15 is 0 Å². The third-order valence-corrected chi connectivity index (χ3v) is 4.48. The number of aliphatic hydroxyl groups excluding tert-OH is 1. The summed E-state index contributed by atoms with van der Waals surface area (Å²) in [5.74, 6) is 0.0781. The maximum absolute atomic E-state index is 11.8. The molecule has 0 fully saturated rings. The predicted octanol–water partition coefficient (Wildman–Crippen LogP) is -0.00860.